The number of ketones is 2. The quantitative estimate of drug-likeness (QED) is 0.338. The SMILES string of the molecule is COc1ccc(C(=O)C=C(CC(=O)c2ccc(Br)cc2)c2ccccc2)cc1. The van der Waals surface area contributed by atoms with Crippen molar-refractivity contribution < 1.29 is 14.3 Å². The molecule has 0 aliphatic heterocycles. The molecule has 0 spiro atoms. The molecule has 0 saturated carbocycles. The Kier molecular flexibility index (Phi) is 6.56. The van der Waals surface area contributed by atoms with Gasteiger partial charge < -0.3 is 4.74 Å². The van der Waals surface area contributed by atoms with E-state index in [1.165, 1.54) is 0 Å². The number of ether oxygens (including phenoxy) is 1. The summed E-state index contributed by atoms with van der Waals surface area (Å²) in [7, 11) is 1.58. The summed E-state index contributed by atoms with van der Waals surface area (Å²) in [5, 5.41) is 0. The Morgan fingerprint density at radius 2 is 1.43 bits per heavy atom. The smallest absolute Gasteiger partial charge is 0.186 e. The summed E-state index contributed by atoms with van der Waals surface area (Å²) in [5.41, 5.74) is 2.71. The molecule has 0 radical (unpaired) electrons. The number of benzene rings is 3. The fraction of sp³-hybridized carbons (Fsp3) is 0.0833. The number of allylic oxidation sites excluding steroid dienone is 2. The second kappa shape index (κ2) is 9.29. The van der Waals surface area contributed by atoms with Crippen LogP contribution in [0, 0.1) is 0 Å². The molecule has 3 aromatic rings. The average Bonchev–Trinajstić information content (AvgIpc) is 2.74. The van der Waals surface area contributed by atoms with Crippen LogP contribution in [0.25, 0.3) is 5.57 Å². The molecule has 0 N–H and O–H groups in total. The van der Waals surface area contributed by atoms with Gasteiger partial charge in [-0.15, -0.1) is 0 Å². The van der Waals surface area contributed by atoms with Gasteiger partial charge in [-0.2, -0.15) is 0 Å². The van der Waals surface area contributed by atoms with E-state index in [0.717, 1.165) is 10.0 Å². The minimum atomic E-state index is -0.148. The monoisotopic (exact) mass is 434 g/mol. The maximum Gasteiger partial charge on any atom is 0.186 e. The summed E-state index contributed by atoms with van der Waals surface area (Å²) in [4.78, 5) is 25.5. The van der Waals surface area contributed by atoms with Crippen LogP contribution >= 0.6 is 15.9 Å². The summed E-state index contributed by atoms with van der Waals surface area (Å²) >= 11 is 3.37. The first-order valence-electron chi connectivity index (χ1n) is 8.80. The molecule has 0 unspecified atom stereocenters. The third-order valence-electron chi connectivity index (χ3n) is 4.34. The first-order chi connectivity index (χ1) is 13.6. The molecule has 0 fully saturated rings. The third kappa shape index (κ3) is 5.05. The Hall–Kier alpha value is -2.98. The predicted molar refractivity (Wildman–Crippen MR) is 115 cm³/mol. The lowest BCUT2D eigenvalue weighted by Crippen LogP contribution is -2.03. The van der Waals surface area contributed by atoms with Crippen molar-refractivity contribution in [3.05, 3.63) is 106 Å². The molecule has 0 aromatic heterocycles. The molecule has 3 nitrogen and oxygen atoms in total. The Labute approximate surface area is 172 Å². The normalized spacial score (nSPS) is 11.1. The molecule has 28 heavy (non-hydrogen) atoms. The molecular formula is C24H19BrO3. The number of rotatable bonds is 7. The van der Waals surface area contributed by atoms with E-state index in [0.29, 0.717) is 22.4 Å². The van der Waals surface area contributed by atoms with Gasteiger partial charge in [-0.3, -0.25) is 9.59 Å². The van der Waals surface area contributed by atoms with Crippen LogP contribution in [0.3, 0.4) is 0 Å². The zero-order valence-electron chi connectivity index (χ0n) is 15.4. The molecule has 3 rings (SSSR count). The highest BCUT2D eigenvalue weighted by molar-refractivity contribution is 9.10. The van der Waals surface area contributed by atoms with Gasteiger partial charge in [-0.1, -0.05) is 58.4 Å². The number of methoxy groups -OCH3 is 1. The lowest BCUT2D eigenvalue weighted by Gasteiger charge is -2.08. The van der Waals surface area contributed by atoms with Crippen LogP contribution in [0.5, 0.6) is 5.75 Å². The standard InChI is InChI=1S/C24H19BrO3/c1-28-22-13-9-19(10-14-22)24(27)16-20(17-5-3-2-4-6-17)15-23(26)18-7-11-21(25)12-8-18/h2-14,16H,15H2,1H3. The third-order valence-corrected chi connectivity index (χ3v) is 4.87. The molecule has 0 saturated heterocycles. The topological polar surface area (TPSA) is 43.4 Å². The maximum absolute atomic E-state index is 12.8. The van der Waals surface area contributed by atoms with Crippen molar-refractivity contribution >= 4 is 33.1 Å². The summed E-state index contributed by atoms with van der Waals surface area (Å²) < 4.78 is 6.05. The Morgan fingerprint density at radius 1 is 0.821 bits per heavy atom. The van der Waals surface area contributed by atoms with Crippen molar-refractivity contribution in [3.8, 4) is 5.75 Å². The zero-order chi connectivity index (χ0) is 19.9. The Bertz CT molecular complexity index is 988. The highest BCUT2D eigenvalue weighted by atomic mass is 79.9. The highest BCUT2D eigenvalue weighted by Crippen LogP contribution is 2.23. The predicted octanol–water partition coefficient (Wildman–Crippen LogP) is 6.00. The van der Waals surface area contributed by atoms with Gasteiger partial charge in [-0.25, -0.2) is 0 Å². The second-order valence-corrected chi connectivity index (χ2v) is 7.15. The number of carbonyl (C=O) groups is 2. The van der Waals surface area contributed by atoms with Crippen molar-refractivity contribution in [3.63, 3.8) is 0 Å². The molecule has 140 valence electrons. The van der Waals surface area contributed by atoms with Gasteiger partial charge in [0.1, 0.15) is 5.75 Å². The first kappa shape index (κ1) is 19.8. The van der Waals surface area contributed by atoms with E-state index in [4.69, 9.17) is 4.74 Å². The van der Waals surface area contributed by atoms with Crippen LogP contribution in [0.1, 0.15) is 32.7 Å². The van der Waals surface area contributed by atoms with Crippen molar-refractivity contribution in [2.45, 2.75) is 6.42 Å². The van der Waals surface area contributed by atoms with Gasteiger partial charge >= 0.3 is 0 Å². The van der Waals surface area contributed by atoms with Crippen molar-refractivity contribution in [1.29, 1.82) is 0 Å². The molecule has 3 aromatic carbocycles. The van der Waals surface area contributed by atoms with E-state index in [-0.39, 0.29) is 18.0 Å². The zero-order valence-corrected chi connectivity index (χ0v) is 17.0. The Balaban J connectivity index is 1.90. The second-order valence-electron chi connectivity index (χ2n) is 6.24. The molecule has 0 atom stereocenters. The van der Waals surface area contributed by atoms with E-state index in [1.54, 1.807) is 49.6 Å². The van der Waals surface area contributed by atoms with Crippen LogP contribution in [0.2, 0.25) is 0 Å². The summed E-state index contributed by atoms with van der Waals surface area (Å²) in [5.74, 6) is 0.504. The Morgan fingerprint density at radius 3 is 2.04 bits per heavy atom. The largest absolute Gasteiger partial charge is 0.497 e. The summed E-state index contributed by atoms with van der Waals surface area (Å²) in [6, 6.07) is 23.7. The van der Waals surface area contributed by atoms with Gasteiger partial charge in [0.25, 0.3) is 0 Å². The van der Waals surface area contributed by atoms with Crippen LogP contribution in [0.4, 0.5) is 0 Å². The molecule has 0 aliphatic carbocycles. The fourth-order valence-electron chi connectivity index (χ4n) is 2.80. The van der Waals surface area contributed by atoms with Crippen LogP contribution in [-0.2, 0) is 0 Å². The number of halogens is 1. The van der Waals surface area contributed by atoms with Crippen molar-refractivity contribution in [2.75, 3.05) is 7.11 Å². The van der Waals surface area contributed by atoms with Gasteiger partial charge in [0.2, 0.25) is 0 Å². The fourth-order valence-corrected chi connectivity index (χ4v) is 3.06. The van der Waals surface area contributed by atoms with Gasteiger partial charge in [0.05, 0.1) is 7.11 Å². The van der Waals surface area contributed by atoms with E-state index in [1.807, 2.05) is 42.5 Å². The van der Waals surface area contributed by atoms with Crippen molar-refractivity contribution in [1.82, 2.24) is 0 Å². The average molecular weight is 435 g/mol. The minimum Gasteiger partial charge on any atom is -0.497 e. The molecule has 4 heteroatoms. The van der Waals surface area contributed by atoms with Crippen LogP contribution in [-0.4, -0.2) is 18.7 Å². The lowest BCUT2D eigenvalue weighted by molar-refractivity contribution is 0.0998. The van der Waals surface area contributed by atoms with E-state index >= 15 is 0 Å². The van der Waals surface area contributed by atoms with Gasteiger partial charge in [-0.05, 0) is 53.6 Å². The molecule has 0 aliphatic rings. The molecule has 0 heterocycles. The summed E-state index contributed by atoms with van der Waals surface area (Å²) in [6.45, 7) is 0. The number of Topliss-reactive ketones (excluding diaryl/α,β-unsaturated/α-hetero) is 1. The lowest BCUT2D eigenvalue weighted by atomic mass is 9.95. The number of hydrogen-bond acceptors (Lipinski definition) is 3. The first-order valence-corrected chi connectivity index (χ1v) is 9.59. The number of hydrogen-bond donors (Lipinski definition) is 0. The van der Waals surface area contributed by atoms with E-state index in [2.05, 4.69) is 15.9 Å². The number of carbonyl (C=O) groups excluding carboxylic acids is 2. The van der Waals surface area contributed by atoms with Crippen LogP contribution in [0.15, 0.2) is 89.4 Å². The molecule has 0 amide bonds. The van der Waals surface area contributed by atoms with E-state index < -0.39 is 0 Å². The van der Waals surface area contributed by atoms with Crippen LogP contribution < -0.4 is 4.74 Å². The van der Waals surface area contributed by atoms with Gasteiger partial charge in [0, 0.05) is 22.0 Å². The van der Waals surface area contributed by atoms with Crippen molar-refractivity contribution in [2.24, 2.45) is 0 Å². The summed E-state index contributed by atoms with van der Waals surface area (Å²) in [6.07, 6.45) is 1.70. The van der Waals surface area contributed by atoms with E-state index in [9.17, 15) is 9.59 Å². The maximum atomic E-state index is 12.8. The minimum absolute atomic E-state index is 0.0369. The highest BCUT2D eigenvalue weighted by Gasteiger charge is 2.13. The molecule has 0 bridgehead atoms. The van der Waals surface area contributed by atoms with Gasteiger partial charge in [0.15, 0.2) is 11.6 Å². The molecular weight excluding hydrogens is 416 g/mol.